The van der Waals surface area contributed by atoms with Gasteiger partial charge in [0.1, 0.15) is 5.69 Å². The Morgan fingerprint density at radius 2 is 2.07 bits per heavy atom. The van der Waals surface area contributed by atoms with Gasteiger partial charge in [0.25, 0.3) is 0 Å². The van der Waals surface area contributed by atoms with Gasteiger partial charge in [0, 0.05) is 16.7 Å². The third kappa shape index (κ3) is 1.70. The predicted molar refractivity (Wildman–Crippen MR) is 60.8 cm³/mol. The lowest BCUT2D eigenvalue weighted by Gasteiger charge is -2.07. The Morgan fingerprint density at radius 3 is 2.67 bits per heavy atom. The number of aromatic nitrogens is 1. The molecule has 0 radical (unpaired) electrons. The highest BCUT2D eigenvalue weighted by Crippen LogP contribution is 2.31. The lowest BCUT2D eigenvalue weighted by Crippen LogP contribution is -1.89. The largest absolute Gasteiger partial charge is 0.368 e. The number of rotatable bonds is 1. The van der Waals surface area contributed by atoms with Crippen molar-refractivity contribution in [1.29, 1.82) is 0 Å². The van der Waals surface area contributed by atoms with Crippen molar-refractivity contribution in [3.05, 3.63) is 34.3 Å². The van der Waals surface area contributed by atoms with Crippen LogP contribution in [0.4, 0.5) is 5.88 Å². The second-order valence-corrected chi connectivity index (χ2v) is 3.89. The minimum atomic E-state index is 0.309. The fourth-order valence-electron chi connectivity index (χ4n) is 1.62. The van der Waals surface area contributed by atoms with E-state index in [0.717, 1.165) is 27.4 Å². The zero-order chi connectivity index (χ0) is 11.0. The zero-order valence-electron chi connectivity index (χ0n) is 8.54. The molecule has 0 aliphatic rings. The Morgan fingerprint density at radius 1 is 1.33 bits per heavy atom. The summed E-state index contributed by atoms with van der Waals surface area (Å²) in [5, 5.41) is 4.61. The van der Waals surface area contributed by atoms with Crippen LogP contribution in [0.3, 0.4) is 0 Å². The lowest BCUT2D eigenvalue weighted by molar-refractivity contribution is 0.439. The van der Waals surface area contributed by atoms with Gasteiger partial charge in [-0.1, -0.05) is 22.8 Å². The van der Waals surface area contributed by atoms with Gasteiger partial charge in [0.15, 0.2) is 0 Å². The van der Waals surface area contributed by atoms with Crippen LogP contribution in [-0.2, 0) is 0 Å². The maximum Gasteiger partial charge on any atom is 0.222 e. The minimum Gasteiger partial charge on any atom is -0.368 e. The highest BCUT2D eigenvalue weighted by atomic mass is 35.5. The van der Waals surface area contributed by atoms with E-state index in [4.69, 9.17) is 21.9 Å². The first kappa shape index (κ1) is 10.1. The van der Waals surface area contributed by atoms with Crippen LogP contribution in [0.2, 0.25) is 5.02 Å². The summed E-state index contributed by atoms with van der Waals surface area (Å²) in [6, 6.07) is 5.53. The predicted octanol–water partition coefficient (Wildman–Crippen LogP) is 3.19. The molecular formula is C11H11ClN2O. The fourth-order valence-corrected chi connectivity index (χ4v) is 1.78. The molecule has 1 aromatic heterocycles. The van der Waals surface area contributed by atoms with E-state index in [-0.39, 0.29) is 0 Å². The molecule has 0 aliphatic heterocycles. The number of benzene rings is 1. The molecule has 0 saturated heterocycles. The van der Waals surface area contributed by atoms with E-state index in [0.29, 0.717) is 5.88 Å². The smallest absolute Gasteiger partial charge is 0.222 e. The van der Waals surface area contributed by atoms with E-state index in [2.05, 4.69) is 5.16 Å². The molecule has 3 nitrogen and oxygen atoms in total. The van der Waals surface area contributed by atoms with Crippen LogP contribution < -0.4 is 5.73 Å². The fraction of sp³-hybridized carbons (Fsp3) is 0.182. The maximum absolute atomic E-state index is 6.05. The van der Waals surface area contributed by atoms with E-state index in [1.807, 2.05) is 26.0 Å². The van der Waals surface area contributed by atoms with Crippen LogP contribution in [0.25, 0.3) is 11.3 Å². The zero-order valence-corrected chi connectivity index (χ0v) is 9.30. The summed E-state index contributed by atoms with van der Waals surface area (Å²) in [5.74, 6) is 0.309. The molecule has 2 N–H and O–H groups in total. The summed E-state index contributed by atoms with van der Waals surface area (Å²) in [7, 11) is 0. The molecule has 2 aromatic rings. The number of hydrogen-bond donors (Lipinski definition) is 1. The summed E-state index contributed by atoms with van der Waals surface area (Å²) in [5.41, 5.74) is 9.30. The quantitative estimate of drug-likeness (QED) is 0.806. The van der Waals surface area contributed by atoms with Gasteiger partial charge in [-0.2, -0.15) is 0 Å². The van der Waals surface area contributed by atoms with Crippen molar-refractivity contribution < 1.29 is 4.52 Å². The maximum atomic E-state index is 6.05. The van der Waals surface area contributed by atoms with E-state index in [1.54, 1.807) is 6.07 Å². The van der Waals surface area contributed by atoms with Gasteiger partial charge in [-0.25, -0.2) is 0 Å². The molecule has 1 aromatic carbocycles. The molecule has 0 atom stereocenters. The molecule has 1 heterocycles. The second kappa shape index (κ2) is 3.59. The van der Waals surface area contributed by atoms with Crippen LogP contribution in [0.5, 0.6) is 0 Å². The van der Waals surface area contributed by atoms with Gasteiger partial charge in [-0.05, 0) is 31.0 Å². The average molecular weight is 223 g/mol. The first-order valence-corrected chi connectivity index (χ1v) is 4.95. The number of nitrogen functional groups attached to an aromatic ring is 1. The highest BCUT2D eigenvalue weighted by molar-refractivity contribution is 6.31. The Bertz CT molecular complexity index is 505. The van der Waals surface area contributed by atoms with Gasteiger partial charge >= 0.3 is 0 Å². The molecule has 0 aliphatic carbocycles. The SMILES string of the molecule is Cc1ccc(Cl)c(C)c1-c1cc(N)on1. The summed E-state index contributed by atoms with van der Waals surface area (Å²) < 4.78 is 4.85. The van der Waals surface area contributed by atoms with E-state index < -0.39 is 0 Å². The van der Waals surface area contributed by atoms with Gasteiger partial charge in [-0.15, -0.1) is 0 Å². The molecule has 15 heavy (non-hydrogen) atoms. The number of nitrogens with two attached hydrogens (primary N) is 1. The summed E-state index contributed by atoms with van der Waals surface area (Å²) in [6.07, 6.45) is 0. The number of aryl methyl sites for hydroxylation is 1. The Labute approximate surface area is 92.8 Å². The first-order chi connectivity index (χ1) is 7.09. The third-order valence-electron chi connectivity index (χ3n) is 2.39. The van der Waals surface area contributed by atoms with Crippen molar-refractivity contribution in [3.8, 4) is 11.3 Å². The minimum absolute atomic E-state index is 0.309. The van der Waals surface area contributed by atoms with Crippen LogP contribution in [-0.4, -0.2) is 5.16 Å². The van der Waals surface area contributed by atoms with Crippen LogP contribution in [0.15, 0.2) is 22.7 Å². The van der Waals surface area contributed by atoms with E-state index >= 15 is 0 Å². The Kier molecular flexibility index (Phi) is 2.40. The van der Waals surface area contributed by atoms with Crippen molar-refractivity contribution in [1.82, 2.24) is 5.16 Å². The monoisotopic (exact) mass is 222 g/mol. The number of halogens is 1. The van der Waals surface area contributed by atoms with Gasteiger partial charge in [0.05, 0.1) is 0 Å². The Hall–Kier alpha value is -1.48. The van der Waals surface area contributed by atoms with Crippen molar-refractivity contribution in [2.24, 2.45) is 0 Å². The van der Waals surface area contributed by atoms with Crippen LogP contribution in [0.1, 0.15) is 11.1 Å². The number of hydrogen-bond acceptors (Lipinski definition) is 3. The van der Waals surface area contributed by atoms with E-state index in [9.17, 15) is 0 Å². The molecule has 0 spiro atoms. The van der Waals surface area contributed by atoms with Gasteiger partial charge < -0.3 is 10.3 Å². The first-order valence-electron chi connectivity index (χ1n) is 4.58. The van der Waals surface area contributed by atoms with Crippen LogP contribution in [0, 0.1) is 13.8 Å². The topological polar surface area (TPSA) is 52.0 Å². The molecule has 0 bridgehead atoms. The van der Waals surface area contributed by atoms with Crippen molar-refractivity contribution >= 4 is 17.5 Å². The Balaban J connectivity index is 2.66. The van der Waals surface area contributed by atoms with Crippen LogP contribution >= 0.6 is 11.6 Å². The van der Waals surface area contributed by atoms with Gasteiger partial charge in [0.2, 0.25) is 5.88 Å². The molecule has 2 rings (SSSR count). The lowest BCUT2D eigenvalue weighted by atomic mass is 10.0. The highest BCUT2D eigenvalue weighted by Gasteiger charge is 2.12. The second-order valence-electron chi connectivity index (χ2n) is 3.48. The molecule has 0 unspecified atom stereocenters. The average Bonchev–Trinajstić information content (AvgIpc) is 2.59. The molecule has 0 fully saturated rings. The van der Waals surface area contributed by atoms with Crippen molar-refractivity contribution in [2.45, 2.75) is 13.8 Å². The molecule has 0 amide bonds. The molecular weight excluding hydrogens is 212 g/mol. The van der Waals surface area contributed by atoms with Crippen molar-refractivity contribution in [3.63, 3.8) is 0 Å². The van der Waals surface area contributed by atoms with E-state index in [1.165, 1.54) is 0 Å². The third-order valence-corrected chi connectivity index (χ3v) is 2.80. The molecule has 78 valence electrons. The summed E-state index contributed by atoms with van der Waals surface area (Å²) >= 11 is 6.05. The van der Waals surface area contributed by atoms with Gasteiger partial charge in [-0.3, -0.25) is 0 Å². The summed E-state index contributed by atoms with van der Waals surface area (Å²) in [4.78, 5) is 0. The number of anilines is 1. The molecule has 0 saturated carbocycles. The normalized spacial score (nSPS) is 10.6. The standard InChI is InChI=1S/C11H11ClN2O/c1-6-3-4-8(12)7(2)11(6)9-5-10(13)15-14-9/h3-5H,13H2,1-2H3. The summed E-state index contributed by atoms with van der Waals surface area (Å²) in [6.45, 7) is 3.96. The number of nitrogens with zero attached hydrogens (tertiary/aromatic N) is 1. The van der Waals surface area contributed by atoms with Crippen molar-refractivity contribution in [2.75, 3.05) is 5.73 Å². The molecule has 4 heteroatoms.